The maximum atomic E-state index is 11.5. The Labute approximate surface area is 398 Å². The second kappa shape index (κ2) is 16.3. The van der Waals surface area contributed by atoms with Crippen molar-refractivity contribution in [2.24, 2.45) is 0 Å². The number of fused-ring (bicyclic) bond motifs is 4. The fourth-order valence-corrected chi connectivity index (χ4v) is 10.0. The van der Waals surface area contributed by atoms with E-state index < -0.39 is 0 Å². The number of imidazole rings is 1. The Morgan fingerprint density at radius 3 is 1.89 bits per heavy atom. The first-order chi connectivity index (χ1) is 30.6. The van der Waals surface area contributed by atoms with Crippen molar-refractivity contribution >= 4 is 11.0 Å². The van der Waals surface area contributed by atoms with Gasteiger partial charge in [0, 0.05) is 32.0 Å². The molecule has 0 aliphatic heterocycles. The Morgan fingerprint density at radius 1 is 0.554 bits per heavy atom. The van der Waals surface area contributed by atoms with Gasteiger partial charge in [0.05, 0.1) is 22.4 Å². The summed E-state index contributed by atoms with van der Waals surface area (Å²) in [5, 5.41) is 11.5. The molecular weight excluding hydrogens is 974 g/mol. The number of phenols is 1. The largest absolute Gasteiger partial charge is 0.507 e. The molecule has 0 saturated carbocycles. The molecule has 0 amide bonds. The molecule has 2 aromatic heterocycles. The van der Waals surface area contributed by atoms with Gasteiger partial charge in [-0.05, 0) is 92.9 Å². The molecule has 5 heteroatoms. The smallest absolute Gasteiger partial charge is 0.163 e. The number of aromatic nitrogens is 3. The fraction of sp³-hybridized carbons (Fsp3) is 0.200. The van der Waals surface area contributed by atoms with Crippen molar-refractivity contribution in [3.63, 3.8) is 0 Å². The zero-order valence-electron chi connectivity index (χ0n) is 38.6. The van der Waals surface area contributed by atoms with Crippen molar-refractivity contribution in [1.82, 2.24) is 14.5 Å². The average Bonchev–Trinajstić information content (AvgIpc) is 3.67. The first kappa shape index (κ1) is 43.9. The van der Waals surface area contributed by atoms with Crippen molar-refractivity contribution in [3.8, 4) is 78.7 Å². The summed E-state index contributed by atoms with van der Waals surface area (Å²) in [4.78, 5) is 11.1. The Kier molecular flexibility index (Phi) is 11.0. The van der Waals surface area contributed by atoms with Gasteiger partial charge in [-0.3, -0.25) is 4.57 Å². The quantitative estimate of drug-likeness (QED) is 0.169. The maximum Gasteiger partial charge on any atom is 0.163 e. The van der Waals surface area contributed by atoms with E-state index in [1.807, 2.05) is 6.07 Å². The van der Waals surface area contributed by atoms with E-state index in [0.29, 0.717) is 0 Å². The van der Waals surface area contributed by atoms with Crippen molar-refractivity contribution in [2.45, 2.75) is 78.6 Å². The van der Waals surface area contributed by atoms with Crippen LogP contribution < -0.4 is 0 Å². The fourth-order valence-electron chi connectivity index (χ4n) is 10.0. The predicted octanol–water partition coefficient (Wildman–Crippen LogP) is 15.4. The molecule has 0 atom stereocenters. The molecule has 326 valence electrons. The number of phenolic OH excluding ortho intramolecular Hbond substituents is 1. The Bertz CT molecular complexity index is 3270. The molecule has 1 aliphatic rings. The standard InChI is InChI=1S/C60H54N3O.Pt/c1-37-19-13-20-38(2)56(37)63-50-31-17-29-46(54(50)62-57(63)49-34-33-48-55(61-49)53-47(30-18-32-51(53)64)59(6,7)60(48,8)9)40-23-14-25-42(35-40)52-44(39-21-11-10-12-22-39)27-16-28-45(52)41-24-15-26-43(36-41)58(3,4)5;/h10-34,36,64H,1-9H3;/q-1;. The van der Waals surface area contributed by atoms with Crippen LogP contribution in [0.4, 0.5) is 0 Å². The molecule has 10 rings (SSSR count). The zero-order chi connectivity index (χ0) is 44.7. The second-order valence-electron chi connectivity index (χ2n) is 19.6. The second-order valence-corrected chi connectivity index (χ2v) is 19.6. The summed E-state index contributed by atoms with van der Waals surface area (Å²) in [7, 11) is 0. The van der Waals surface area contributed by atoms with Gasteiger partial charge in [-0.25, -0.2) is 9.97 Å². The van der Waals surface area contributed by atoms with E-state index >= 15 is 0 Å². The molecule has 0 radical (unpaired) electrons. The molecule has 1 N–H and O–H groups in total. The van der Waals surface area contributed by atoms with Crippen LogP contribution in [0, 0.1) is 19.9 Å². The van der Waals surface area contributed by atoms with Crippen LogP contribution in [0.15, 0.2) is 158 Å². The molecule has 0 bridgehead atoms. The molecule has 65 heavy (non-hydrogen) atoms. The maximum absolute atomic E-state index is 11.5. The van der Waals surface area contributed by atoms with Gasteiger partial charge in [0.25, 0.3) is 0 Å². The number of pyridine rings is 1. The molecule has 7 aromatic carbocycles. The summed E-state index contributed by atoms with van der Waals surface area (Å²) in [5.41, 5.74) is 19.3. The van der Waals surface area contributed by atoms with Gasteiger partial charge in [0.1, 0.15) is 11.4 Å². The van der Waals surface area contributed by atoms with Crippen LogP contribution in [-0.2, 0) is 37.3 Å². The Balaban J connectivity index is 0.00000533. The van der Waals surface area contributed by atoms with Gasteiger partial charge >= 0.3 is 0 Å². The van der Waals surface area contributed by atoms with Crippen LogP contribution >= 0.6 is 0 Å². The summed E-state index contributed by atoms with van der Waals surface area (Å²) in [5.74, 6) is 0.987. The molecule has 4 nitrogen and oxygen atoms in total. The molecule has 0 spiro atoms. The molecule has 9 aromatic rings. The van der Waals surface area contributed by atoms with Gasteiger partial charge in [-0.15, -0.1) is 35.4 Å². The third-order valence-electron chi connectivity index (χ3n) is 14.2. The van der Waals surface area contributed by atoms with Crippen LogP contribution in [0.2, 0.25) is 0 Å². The predicted molar refractivity (Wildman–Crippen MR) is 266 cm³/mol. The summed E-state index contributed by atoms with van der Waals surface area (Å²) in [6, 6.07) is 59.8. The van der Waals surface area contributed by atoms with Crippen molar-refractivity contribution in [3.05, 3.63) is 192 Å². The minimum Gasteiger partial charge on any atom is -0.507 e. The topological polar surface area (TPSA) is 50.9 Å². The number of aromatic hydroxyl groups is 1. The van der Waals surface area contributed by atoms with E-state index in [2.05, 4.69) is 219 Å². The number of hydrogen-bond donors (Lipinski definition) is 1. The molecule has 1 aliphatic carbocycles. The molecule has 0 saturated heterocycles. The van der Waals surface area contributed by atoms with E-state index in [1.165, 1.54) is 16.7 Å². The average molecular weight is 1030 g/mol. The van der Waals surface area contributed by atoms with Crippen LogP contribution in [0.25, 0.3) is 84.0 Å². The summed E-state index contributed by atoms with van der Waals surface area (Å²) < 4.78 is 2.29. The first-order valence-corrected chi connectivity index (χ1v) is 22.4. The van der Waals surface area contributed by atoms with Crippen LogP contribution in [-0.4, -0.2) is 19.6 Å². The number of para-hydroxylation sites is 2. The normalized spacial score (nSPS) is 13.8. The minimum atomic E-state index is -0.260. The van der Waals surface area contributed by atoms with E-state index in [1.54, 1.807) is 6.07 Å². The SMILES string of the molecule is Cc1cccc(C)c1-n1c(-c2ccc3c(n2)-c2c(O)cccc2C(C)(C)C3(C)C)nc2c(-c3[c-]c(-c4c(-c5ccccc5)cccc4-c4cccc(C(C)(C)C)c4)ccc3)cccc21.[Pt]. The Morgan fingerprint density at radius 2 is 1.15 bits per heavy atom. The molecule has 0 unspecified atom stereocenters. The number of rotatable bonds is 6. The number of nitrogens with zero attached hydrogens (tertiary/aromatic N) is 3. The van der Waals surface area contributed by atoms with E-state index in [4.69, 9.17) is 9.97 Å². The van der Waals surface area contributed by atoms with Gasteiger partial charge < -0.3 is 5.11 Å². The van der Waals surface area contributed by atoms with Crippen molar-refractivity contribution in [2.75, 3.05) is 0 Å². The van der Waals surface area contributed by atoms with Crippen molar-refractivity contribution in [1.29, 1.82) is 0 Å². The van der Waals surface area contributed by atoms with Crippen LogP contribution in [0.5, 0.6) is 5.75 Å². The van der Waals surface area contributed by atoms with Crippen LogP contribution in [0.3, 0.4) is 0 Å². The summed E-state index contributed by atoms with van der Waals surface area (Å²) in [6.07, 6.45) is 0. The summed E-state index contributed by atoms with van der Waals surface area (Å²) >= 11 is 0. The third kappa shape index (κ3) is 7.18. The van der Waals surface area contributed by atoms with E-state index in [-0.39, 0.29) is 43.1 Å². The van der Waals surface area contributed by atoms with Crippen molar-refractivity contribution < 1.29 is 26.2 Å². The molecular formula is C60H54N3OPt-. The third-order valence-corrected chi connectivity index (χ3v) is 14.2. The Hall–Kier alpha value is -6.35. The first-order valence-electron chi connectivity index (χ1n) is 22.4. The van der Waals surface area contributed by atoms with Crippen LogP contribution in [0.1, 0.15) is 76.3 Å². The summed E-state index contributed by atoms with van der Waals surface area (Å²) in [6.45, 7) is 20.2. The van der Waals surface area contributed by atoms with Gasteiger partial charge in [0.2, 0.25) is 0 Å². The number of aryl methyl sites for hydroxylation is 2. The number of hydrogen-bond acceptors (Lipinski definition) is 3. The number of benzene rings is 7. The minimum absolute atomic E-state index is 0. The van der Waals surface area contributed by atoms with Gasteiger partial charge in [-0.1, -0.05) is 181 Å². The van der Waals surface area contributed by atoms with Gasteiger partial charge in [-0.2, -0.15) is 0 Å². The van der Waals surface area contributed by atoms with E-state index in [0.717, 1.165) is 95.1 Å². The molecule has 2 heterocycles. The monoisotopic (exact) mass is 1030 g/mol. The van der Waals surface area contributed by atoms with Gasteiger partial charge in [0.15, 0.2) is 5.82 Å². The van der Waals surface area contributed by atoms with E-state index in [9.17, 15) is 5.11 Å². The molecule has 0 fully saturated rings. The zero-order valence-corrected chi connectivity index (χ0v) is 40.9.